The first-order valence-electron chi connectivity index (χ1n) is 6.07. The van der Waals surface area contributed by atoms with Crippen LogP contribution in [0.1, 0.15) is 17.3 Å². The van der Waals surface area contributed by atoms with Crippen LogP contribution in [0.15, 0.2) is 48.5 Å². The van der Waals surface area contributed by atoms with E-state index in [4.69, 9.17) is 5.26 Å². The molecular formula is C16H12FNOS. The molecule has 100 valence electrons. The van der Waals surface area contributed by atoms with E-state index in [1.54, 1.807) is 31.2 Å². The van der Waals surface area contributed by atoms with Crippen molar-refractivity contribution in [1.82, 2.24) is 0 Å². The number of nitriles is 1. The Balaban J connectivity index is 2.20. The molecule has 0 aliphatic carbocycles. The third-order valence-electron chi connectivity index (χ3n) is 2.95. The molecule has 0 aromatic heterocycles. The fourth-order valence-electron chi connectivity index (χ4n) is 1.84. The summed E-state index contributed by atoms with van der Waals surface area (Å²) in [5, 5.41) is 10.1. The number of nitrogens with zero attached hydrogens (tertiary/aromatic N) is 1. The van der Waals surface area contributed by atoms with Gasteiger partial charge in [-0.3, -0.25) is 4.79 Å². The molecule has 0 spiro atoms. The summed E-state index contributed by atoms with van der Waals surface area (Å²) >= 11 is 0.951. The minimum atomic E-state index is -0.378. The number of carbonyl (C=O) groups is 1. The van der Waals surface area contributed by atoms with Crippen molar-refractivity contribution in [3.63, 3.8) is 0 Å². The van der Waals surface area contributed by atoms with E-state index in [0.717, 1.165) is 22.9 Å². The maximum Gasteiger partial charge on any atom is 0.176 e. The predicted molar refractivity (Wildman–Crippen MR) is 78.8 cm³/mol. The average molecular weight is 285 g/mol. The largest absolute Gasteiger partial charge is 0.293 e. The van der Waals surface area contributed by atoms with Gasteiger partial charge in [-0.15, -0.1) is 0 Å². The molecule has 0 heterocycles. The van der Waals surface area contributed by atoms with E-state index in [0.29, 0.717) is 5.56 Å². The molecule has 0 saturated carbocycles. The lowest BCUT2D eigenvalue weighted by atomic mass is 10.0. The lowest BCUT2D eigenvalue weighted by Gasteiger charge is -2.07. The Kier molecular flexibility index (Phi) is 4.54. The fraction of sp³-hybridized carbons (Fsp3) is 0.125. The van der Waals surface area contributed by atoms with E-state index in [1.807, 2.05) is 17.5 Å². The maximum atomic E-state index is 12.9. The van der Waals surface area contributed by atoms with Gasteiger partial charge < -0.3 is 0 Å². The molecule has 0 N–H and O–H groups in total. The Labute approximate surface area is 121 Å². The number of thiocyanates is 1. The van der Waals surface area contributed by atoms with Crippen LogP contribution in [-0.4, -0.2) is 11.0 Å². The maximum absolute atomic E-state index is 12.9. The monoisotopic (exact) mass is 285 g/mol. The van der Waals surface area contributed by atoms with E-state index in [1.165, 1.54) is 12.1 Å². The first-order valence-corrected chi connectivity index (χ1v) is 6.94. The molecule has 1 atom stereocenters. The summed E-state index contributed by atoms with van der Waals surface area (Å²) < 4.78 is 12.9. The van der Waals surface area contributed by atoms with Crippen molar-refractivity contribution >= 4 is 17.5 Å². The zero-order valence-corrected chi connectivity index (χ0v) is 11.7. The topological polar surface area (TPSA) is 40.9 Å². The van der Waals surface area contributed by atoms with Gasteiger partial charge in [-0.1, -0.05) is 36.4 Å². The van der Waals surface area contributed by atoms with Crippen LogP contribution in [0.25, 0.3) is 11.1 Å². The molecule has 20 heavy (non-hydrogen) atoms. The Morgan fingerprint density at radius 1 is 1.10 bits per heavy atom. The number of hydrogen-bond acceptors (Lipinski definition) is 3. The third kappa shape index (κ3) is 3.25. The summed E-state index contributed by atoms with van der Waals surface area (Å²) in [4.78, 5) is 12.0. The lowest BCUT2D eigenvalue weighted by Crippen LogP contribution is -2.12. The van der Waals surface area contributed by atoms with E-state index in [9.17, 15) is 9.18 Å². The molecule has 2 nitrogen and oxygen atoms in total. The Hall–Kier alpha value is -2.12. The van der Waals surface area contributed by atoms with E-state index < -0.39 is 0 Å². The third-order valence-corrected chi connectivity index (χ3v) is 3.62. The number of thioether (sulfide) groups is 1. The molecule has 2 aromatic rings. The van der Waals surface area contributed by atoms with Gasteiger partial charge in [0, 0.05) is 5.56 Å². The minimum absolute atomic E-state index is 0.0674. The SMILES string of the molecule is CC(SC#N)C(=O)c1ccc(-c2ccc(F)cc2)cc1. The van der Waals surface area contributed by atoms with E-state index in [2.05, 4.69) is 0 Å². The molecule has 0 saturated heterocycles. The van der Waals surface area contributed by atoms with E-state index in [-0.39, 0.29) is 16.9 Å². The van der Waals surface area contributed by atoms with Crippen LogP contribution in [-0.2, 0) is 0 Å². The summed E-state index contributed by atoms with van der Waals surface area (Å²) in [6.45, 7) is 1.71. The Morgan fingerprint density at radius 2 is 1.60 bits per heavy atom. The molecule has 2 aromatic carbocycles. The number of rotatable bonds is 4. The van der Waals surface area contributed by atoms with Crippen LogP contribution in [0.5, 0.6) is 0 Å². The standard InChI is InChI=1S/C16H12FNOS/c1-11(20-10-18)16(19)14-4-2-12(3-5-14)13-6-8-15(17)9-7-13/h2-9,11H,1H3. The first-order chi connectivity index (χ1) is 9.61. The van der Waals surface area contributed by atoms with Gasteiger partial charge in [0.1, 0.15) is 11.2 Å². The van der Waals surface area contributed by atoms with Crippen molar-refractivity contribution in [2.24, 2.45) is 0 Å². The first kappa shape index (κ1) is 14.3. The van der Waals surface area contributed by atoms with Crippen LogP contribution in [0.3, 0.4) is 0 Å². The number of hydrogen-bond donors (Lipinski definition) is 0. The highest BCUT2D eigenvalue weighted by molar-refractivity contribution is 8.04. The van der Waals surface area contributed by atoms with Crippen LogP contribution in [0, 0.1) is 16.5 Å². The second kappa shape index (κ2) is 6.36. The zero-order valence-electron chi connectivity index (χ0n) is 10.8. The van der Waals surface area contributed by atoms with Crippen LogP contribution in [0.4, 0.5) is 4.39 Å². The predicted octanol–water partition coefficient (Wildman–Crippen LogP) is 4.28. The number of benzene rings is 2. The minimum Gasteiger partial charge on any atom is -0.293 e. The zero-order chi connectivity index (χ0) is 14.5. The Morgan fingerprint density at radius 3 is 2.10 bits per heavy atom. The molecular weight excluding hydrogens is 273 g/mol. The second-order valence-corrected chi connectivity index (χ2v) is 5.43. The summed E-state index contributed by atoms with van der Waals surface area (Å²) in [6, 6.07) is 13.3. The van der Waals surface area contributed by atoms with Crippen molar-refractivity contribution in [2.75, 3.05) is 0 Å². The van der Waals surface area contributed by atoms with Gasteiger partial charge in [-0.05, 0) is 41.9 Å². The van der Waals surface area contributed by atoms with Crippen molar-refractivity contribution in [3.05, 3.63) is 59.9 Å². The van der Waals surface area contributed by atoms with Crippen LogP contribution < -0.4 is 0 Å². The van der Waals surface area contributed by atoms with Gasteiger partial charge in [0.05, 0.1) is 5.25 Å². The lowest BCUT2D eigenvalue weighted by molar-refractivity contribution is 0.0994. The summed E-state index contributed by atoms with van der Waals surface area (Å²) in [5.74, 6) is -0.342. The van der Waals surface area contributed by atoms with Crippen LogP contribution in [0.2, 0.25) is 0 Å². The van der Waals surface area contributed by atoms with Gasteiger partial charge in [-0.25, -0.2) is 4.39 Å². The average Bonchev–Trinajstić information content (AvgIpc) is 2.48. The number of ketones is 1. The van der Waals surface area contributed by atoms with Crippen molar-refractivity contribution in [1.29, 1.82) is 5.26 Å². The number of halogens is 1. The van der Waals surface area contributed by atoms with Gasteiger partial charge in [0.15, 0.2) is 5.78 Å². The fourth-order valence-corrected chi connectivity index (χ4v) is 2.24. The highest BCUT2D eigenvalue weighted by Gasteiger charge is 2.15. The summed E-state index contributed by atoms with van der Waals surface area (Å²) in [7, 11) is 0. The molecule has 0 aliphatic heterocycles. The van der Waals surface area contributed by atoms with Crippen molar-refractivity contribution < 1.29 is 9.18 Å². The van der Waals surface area contributed by atoms with Crippen molar-refractivity contribution in [3.8, 4) is 16.5 Å². The molecule has 0 radical (unpaired) electrons. The molecule has 2 rings (SSSR count). The highest BCUT2D eigenvalue weighted by Crippen LogP contribution is 2.22. The molecule has 0 aliphatic rings. The number of carbonyl (C=O) groups excluding carboxylic acids is 1. The van der Waals surface area contributed by atoms with E-state index >= 15 is 0 Å². The van der Waals surface area contributed by atoms with Crippen LogP contribution >= 0.6 is 11.8 Å². The Bertz CT molecular complexity index is 644. The van der Waals surface area contributed by atoms with Gasteiger partial charge in [-0.2, -0.15) is 5.26 Å². The normalized spacial score (nSPS) is 11.7. The highest BCUT2D eigenvalue weighted by atomic mass is 32.2. The quantitative estimate of drug-likeness (QED) is 0.622. The summed E-state index contributed by atoms with van der Waals surface area (Å²) in [6.07, 6.45) is 0. The molecule has 4 heteroatoms. The van der Waals surface area contributed by atoms with Gasteiger partial charge >= 0.3 is 0 Å². The molecule has 0 amide bonds. The molecule has 0 bridgehead atoms. The smallest absolute Gasteiger partial charge is 0.176 e. The molecule has 1 unspecified atom stereocenters. The molecule has 0 fully saturated rings. The second-order valence-electron chi connectivity index (χ2n) is 4.30. The van der Waals surface area contributed by atoms with Gasteiger partial charge in [0.25, 0.3) is 0 Å². The number of Topliss-reactive ketones (excluding diaryl/α,β-unsaturated/α-hetero) is 1. The van der Waals surface area contributed by atoms with Gasteiger partial charge in [0.2, 0.25) is 0 Å². The van der Waals surface area contributed by atoms with Crippen molar-refractivity contribution in [2.45, 2.75) is 12.2 Å². The summed E-state index contributed by atoms with van der Waals surface area (Å²) in [5.41, 5.74) is 2.39.